The van der Waals surface area contributed by atoms with E-state index in [2.05, 4.69) is 17.2 Å². The van der Waals surface area contributed by atoms with Crippen LogP contribution in [0, 0.1) is 0 Å². The Bertz CT molecular complexity index is 799. The number of carbonyl (C=O) groups is 1. The molecule has 0 atom stereocenters. The molecule has 1 heterocycles. The molecule has 0 saturated carbocycles. The molecule has 0 aliphatic carbocycles. The van der Waals surface area contributed by atoms with Crippen LogP contribution in [0.2, 0.25) is 0 Å². The van der Waals surface area contributed by atoms with Gasteiger partial charge in [-0.05, 0) is 50.0 Å². The molecule has 0 radical (unpaired) electrons. The molecule has 0 unspecified atom stereocenters. The van der Waals surface area contributed by atoms with Crippen molar-refractivity contribution in [1.82, 2.24) is 10.6 Å². The fourth-order valence-electron chi connectivity index (χ4n) is 3.46. The van der Waals surface area contributed by atoms with Gasteiger partial charge < -0.3 is 20.1 Å². The topological polar surface area (TPSA) is 93.7 Å². The van der Waals surface area contributed by atoms with Crippen LogP contribution < -0.4 is 20.1 Å². The Morgan fingerprint density at radius 3 is 2.48 bits per heavy atom. The van der Waals surface area contributed by atoms with Crippen LogP contribution in [0.5, 0.6) is 11.5 Å². The molecule has 8 heteroatoms. The van der Waals surface area contributed by atoms with Crippen molar-refractivity contribution < 1.29 is 22.7 Å². The average molecular weight is 397 g/mol. The first-order chi connectivity index (χ1) is 12.8. The summed E-state index contributed by atoms with van der Waals surface area (Å²) in [5, 5.41) is 5.91. The van der Waals surface area contributed by atoms with Gasteiger partial charge in [0.1, 0.15) is 0 Å². The van der Waals surface area contributed by atoms with Crippen LogP contribution in [-0.2, 0) is 27.6 Å². The number of hydrogen-bond acceptors (Lipinski definition) is 6. The Kier molecular flexibility index (Phi) is 6.89. The summed E-state index contributed by atoms with van der Waals surface area (Å²) in [7, 11) is -0.426. The van der Waals surface area contributed by atoms with Gasteiger partial charge in [-0.3, -0.25) is 4.79 Å². The Balaban J connectivity index is 2.25. The molecule has 0 aromatic heterocycles. The minimum atomic E-state index is -3.54. The molecule has 0 bridgehead atoms. The molecule has 0 spiro atoms. The molecule has 1 aromatic rings. The lowest BCUT2D eigenvalue weighted by Gasteiger charge is -2.34. The van der Waals surface area contributed by atoms with E-state index in [1.807, 2.05) is 6.07 Å². The summed E-state index contributed by atoms with van der Waals surface area (Å²) < 4.78 is 34.1. The van der Waals surface area contributed by atoms with E-state index in [-0.39, 0.29) is 19.4 Å². The molecule has 2 rings (SSSR count). The maximum Gasteiger partial charge on any atom is 0.241 e. The van der Waals surface area contributed by atoms with Gasteiger partial charge in [0.2, 0.25) is 5.91 Å². The van der Waals surface area contributed by atoms with Crippen molar-refractivity contribution in [2.45, 2.75) is 30.6 Å². The fourth-order valence-corrected chi connectivity index (χ4v) is 4.81. The van der Waals surface area contributed by atoms with Gasteiger partial charge in [0, 0.05) is 18.4 Å². The first-order valence-electron chi connectivity index (χ1n) is 8.82. The van der Waals surface area contributed by atoms with E-state index in [4.69, 9.17) is 9.47 Å². The second kappa shape index (κ2) is 8.75. The highest BCUT2D eigenvalue weighted by atomic mass is 32.2. The number of sulfone groups is 1. The van der Waals surface area contributed by atoms with Crippen molar-refractivity contribution >= 4 is 15.7 Å². The first kappa shape index (κ1) is 21.2. The summed E-state index contributed by atoms with van der Waals surface area (Å²) in [6.07, 6.45) is 4.01. The molecule has 1 aromatic carbocycles. The van der Waals surface area contributed by atoms with Gasteiger partial charge in [0.05, 0.1) is 14.2 Å². The predicted molar refractivity (Wildman–Crippen MR) is 105 cm³/mol. The summed E-state index contributed by atoms with van der Waals surface area (Å²) in [5.41, 5.74) is 1.69. The fraction of sp³-hybridized carbons (Fsp3) is 0.526. The van der Waals surface area contributed by atoms with Crippen molar-refractivity contribution in [3.8, 4) is 11.5 Å². The van der Waals surface area contributed by atoms with Crippen LogP contribution in [0.3, 0.4) is 0 Å². The zero-order valence-electron chi connectivity index (χ0n) is 16.1. The highest BCUT2D eigenvalue weighted by molar-refractivity contribution is 7.92. The van der Waals surface area contributed by atoms with Gasteiger partial charge in [0.15, 0.2) is 26.1 Å². The molecule has 1 aliphatic heterocycles. The van der Waals surface area contributed by atoms with Gasteiger partial charge in [-0.15, -0.1) is 6.58 Å². The maximum atomic E-state index is 12.8. The molecule has 1 fully saturated rings. The second-order valence-corrected chi connectivity index (χ2v) is 9.01. The normalized spacial score (nSPS) is 16.4. The summed E-state index contributed by atoms with van der Waals surface area (Å²) in [4.78, 5) is 12.8. The quantitative estimate of drug-likeness (QED) is 0.642. The van der Waals surface area contributed by atoms with Crippen molar-refractivity contribution in [3.63, 3.8) is 0 Å². The number of methoxy groups -OCH3 is 2. The van der Waals surface area contributed by atoms with Crippen molar-refractivity contribution in [2.75, 3.05) is 33.6 Å². The first-order valence-corrected chi connectivity index (χ1v) is 10.7. The lowest BCUT2D eigenvalue weighted by molar-refractivity contribution is -0.124. The molecule has 27 heavy (non-hydrogen) atoms. The van der Waals surface area contributed by atoms with Crippen LogP contribution in [0.4, 0.5) is 0 Å². The van der Waals surface area contributed by atoms with E-state index in [1.165, 1.54) is 0 Å². The van der Waals surface area contributed by atoms with E-state index in [1.54, 1.807) is 26.4 Å². The van der Waals surface area contributed by atoms with Crippen LogP contribution >= 0.6 is 0 Å². The van der Waals surface area contributed by atoms with E-state index < -0.39 is 20.5 Å². The minimum absolute atomic E-state index is 0.202. The summed E-state index contributed by atoms with van der Waals surface area (Å²) in [6.45, 7) is 4.95. The number of rotatable bonds is 8. The van der Waals surface area contributed by atoms with Crippen LogP contribution in [-0.4, -0.2) is 52.6 Å². The molecule has 1 aliphatic rings. The van der Waals surface area contributed by atoms with Gasteiger partial charge in [0.25, 0.3) is 0 Å². The number of amides is 1. The van der Waals surface area contributed by atoms with Crippen LogP contribution in [0.1, 0.15) is 24.0 Å². The number of allylic oxidation sites excluding steroid dienone is 1. The van der Waals surface area contributed by atoms with Gasteiger partial charge in [-0.25, -0.2) is 8.42 Å². The SMILES string of the molecule is C=CCc1cc(CNC(=O)C2(S(C)(=O)=O)CCNCC2)cc(OC)c1OC. The lowest BCUT2D eigenvalue weighted by atomic mass is 9.95. The number of hydrogen-bond donors (Lipinski definition) is 2. The van der Waals surface area contributed by atoms with E-state index in [9.17, 15) is 13.2 Å². The van der Waals surface area contributed by atoms with Gasteiger partial charge >= 0.3 is 0 Å². The summed E-state index contributed by atoms with van der Waals surface area (Å²) in [6, 6.07) is 3.68. The highest BCUT2D eigenvalue weighted by Crippen LogP contribution is 2.33. The van der Waals surface area contributed by atoms with Crippen molar-refractivity contribution in [2.24, 2.45) is 0 Å². The largest absolute Gasteiger partial charge is 0.493 e. The molecular formula is C19H28N2O5S. The third kappa shape index (κ3) is 4.44. The smallest absolute Gasteiger partial charge is 0.241 e. The number of nitrogens with one attached hydrogen (secondary N) is 2. The molecule has 150 valence electrons. The third-order valence-electron chi connectivity index (χ3n) is 4.97. The molecular weight excluding hydrogens is 368 g/mol. The highest BCUT2D eigenvalue weighted by Gasteiger charge is 2.48. The standard InChI is InChI=1S/C19H28N2O5S/c1-5-6-15-11-14(12-16(25-2)17(15)26-3)13-21-18(22)19(27(4,23)24)7-9-20-10-8-19/h5,11-12,20H,1,6-10,13H2,2-4H3,(H,21,22). The zero-order valence-corrected chi connectivity index (χ0v) is 16.9. The Morgan fingerprint density at radius 1 is 1.30 bits per heavy atom. The summed E-state index contributed by atoms with van der Waals surface area (Å²) >= 11 is 0. The average Bonchev–Trinajstić information content (AvgIpc) is 2.65. The van der Waals surface area contributed by atoms with E-state index >= 15 is 0 Å². The lowest BCUT2D eigenvalue weighted by Crippen LogP contribution is -2.57. The summed E-state index contributed by atoms with van der Waals surface area (Å²) in [5.74, 6) is 0.728. The Hall–Kier alpha value is -2.06. The maximum absolute atomic E-state index is 12.8. The monoisotopic (exact) mass is 396 g/mol. The number of ether oxygens (including phenoxy) is 2. The second-order valence-electron chi connectivity index (χ2n) is 6.68. The van der Waals surface area contributed by atoms with Gasteiger partial charge in [-0.2, -0.15) is 0 Å². The molecule has 1 amide bonds. The molecule has 1 saturated heterocycles. The van der Waals surface area contributed by atoms with Crippen LogP contribution in [0.15, 0.2) is 24.8 Å². The third-order valence-corrected chi connectivity index (χ3v) is 6.98. The minimum Gasteiger partial charge on any atom is -0.493 e. The van der Waals surface area contributed by atoms with E-state index in [0.29, 0.717) is 31.0 Å². The molecule has 7 nitrogen and oxygen atoms in total. The Morgan fingerprint density at radius 2 is 1.96 bits per heavy atom. The van der Waals surface area contributed by atoms with Gasteiger partial charge in [-0.1, -0.05) is 6.08 Å². The number of piperidine rings is 1. The number of carbonyl (C=O) groups excluding carboxylic acids is 1. The molecule has 2 N–H and O–H groups in total. The zero-order chi connectivity index (χ0) is 20.1. The Labute approximate surface area is 161 Å². The van der Waals surface area contributed by atoms with E-state index in [0.717, 1.165) is 17.4 Å². The van der Waals surface area contributed by atoms with Crippen molar-refractivity contribution in [1.29, 1.82) is 0 Å². The number of benzene rings is 1. The van der Waals surface area contributed by atoms with Crippen molar-refractivity contribution in [3.05, 3.63) is 35.9 Å². The van der Waals surface area contributed by atoms with Crippen LogP contribution in [0.25, 0.3) is 0 Å². The predicted octanol–water partition coefficient (Wildman–Crippen LogP) is 1.22.